The summed E-state index contributed by atoms with van der Waals surface area (Å²) in [5.74, 6) is 1.50. The molecule has 0 radical (unpaired) electrons. The van der Waals surface area contributed by atoms with E-state index in [2.05, 4.69) is 15.9 Å². The minimum atomic E-state index is -0.196. The molecule has 1 aliphatic rings. The zero-order valence-corrected chi connectivity index (χ0v) is 17.6. The number of benzene rings is 3. The van der Waals surface area contributed by atoms with E-state index in [1.807, 2.05) is 24.3 Å². The number of allylic oxidation sites excluding steroid dienone is 1. The van der Waals surface area contributed by atoms with Crippen molar-refractivity contribution in [2.45, 2.75) is 0 Å². The first-order chi connectivity index (χ1) is 14.5. The average Bonchev–Trinajstić information content (AvgIpc) is 3.07. The minimum Gasteiger partial charge on any atom is -0.497 e. The summed E-state index contributed by atoms with van der Waals surface area (Å²) in [6, 6.07) is 19.3. The summed E-state index contributed by atoms with van der Waals surface area (Å²) in [5.41, 5.74) is 1.85. The fraction of sp³-hybridized carbons (Fsp3) is 0.0833. The van der Waals surface area contributed by atoms with E-state index in [1.165, 1.54) is 0 Å². The van der Waals surface area contributed by atoms with Crippen LogP contribution in [0.5, 0.6) is 17.2 Å². The lowest BCUT2D eigenvalue weighted by Gasteiger charge is -2.07. The van der Waals surface area contributed by atoms with Crippen molar-refractivity contribution in [2.24, 2.45) is 0 Å². The normalized spacial score (nSPS) is 13.7. The Bertz CT molecular complexity index is 1130. The maximum Gasteiger partial charge on any atom is 0.231 e. The summed E-state index contributed by atoms with van der Waals surface area (Å²) in [5, 5.41) is 0. The molecule has 0 aromatic heterocycles. The summed E-state index contributed by atoms with van der Waals surface area (Å²) in [7, 11) is 1.60. The van der Waals surface area contributed by atoms with Crippen molar-refractivity contribution in [3.05, 3.63) is 93.7 Å². The van der Waals surface area contributed by atoms with E-state index < -0.39 is 0 Å². The third kappa shape index (κ3) is 4.28. The maximum absolute atomic E-state index is 12.6. The smallest absolute Gasteiger partial charge is 0.231 e. The van der Waals surface area contributed by atoms with E-state index in [4.69, 9.17) is 14.2 Å². The topological polar surface area (TPSA) is 61.8 Å². The number of hydrogen-bond donors (Lipinski definition) is 0. The van der Waals surface area contributed by atoms with Gasteiger partial charge in [-0.15, -0.1) is 0 Å². The predicted molar refractivity (Wildman–Crippen MR) is 116 cm³/mol. The first-order valence-electron chi connectivity index (χ1n) is 9.17. The molecule has 0 bridgehead atoms. The summed E-state index contributed by atoms with van der Waals surface area (Å²) >= 11 is 3.34. The van der Waals surface area contributed by atoms with Crippen LogP contribution in [-0.2, 0) is 0 Å². The molecule has 0 N–H and O–H groups in total. The average molecular weight is 465 g/mol. The largest absolute Gasteiger partial charge is 0.497 e. The molecule has 1 heterocycles. The first-order valence-corrected chi connectivity index (χ1v) is 9.97. The van der Waals surface area contributed by atoms with E-state index in [1.54, 1.807) is 55.7 Å². The van der Waals surface area contributed by atoms with Gasteiger partial charge in [0, 0.05) is 16.1 Å². The lowest BCUT2D eigenvalue weighted by molar-refractivity contribution is 0.0921. The molecule has 0 amide bonds. The van der Waals surface area contributed by atoms with Gasteiger partial charge in [-0.25, -0.2) is 0 Å². The molecular formula is C24H17BrO5. The van der Waals surface area contributed by atoms with Gasteiger partial charge in [-0.05, 0) is 48.0 Å². The highest BCUT2D eigenvalue weighted by Crippen LogP contribution is 2.35. The molecule has 1 aliphatic heterocycles. The molecule has 0 spiro atoms. The molecule has 6 heteroatoms. The highest BCUT2D eigenvalue weighted by Gasteiger charge is 2.27. The van der Waals surface area contributed by atoms with Crippen LogP contribution in [0.4, 0.5) is 0 Å². The number of ether oxygens (including phenoxy) is 3. The fourth-order valence-corrected chi connectivity index (χ4v) is 3.24. The van der Waals surface area contributed by atoms with Crippen LogP contribution in [-0.4, -0.2) is 25.3 Å². The van der Waals surface area contributed by atoms with Gasteiger partial charge >= 0.3 is 0 Å². The zero-order chi connectivity index (χ0) is 21.1. The number of rotatable bonds is 6. The minimum absolute atomic E-state index is 0.108. The van der Waals surface area contributed by atoms with Crippen LogP contribution in [0.3, 0.4) is 0 Å². The van der Waals surface area contributed by atoms with Gasteiger partial charge in [-0.3, -0.25) is 9.59 Å². The Labute approximate surface area is 182 Å². The van der Waals surface area contributed by atoms with Crippen molar-refractivity contribution in [1.29, 1.82) is 0 Å². The van der Waals surface area contributed by atoms with Gasteiger partial charge in [0.15, 0.2) is 18.1 Å². The second-order valence-electron chi connectivity index (χ2n) is 6.59. The van der Waals surface area contributed by atoms with Crippen molar-refractivity contribution < 1.29 is 23.8 Å². The molecule has 0 atom stereocenters. The molecule has 0 aliphatic carbocycles. The molecule has 150 valence electrons. The lowest BCUT2D eigenvalue weighted by Crippen LogP contribution is -2.11. The first kappa shape index (κ1) is 19.9. The summed E-state index contributed by atoms with van der Waals surface area (Å²) < 4.78 is 17.4. The van der Waals surface area contributed by atoms with Gasteiger partial charge < -0.3 is 14.2 Å². The third-order valence-electron chi connectivity index (χ3n) is 4.59. The monoisotopic (exact) mass is 464 g/mol. The van der Waals surface area contributed by atoms with Crippen LogP contribution in [0.1, 0.15) is 26.3 Å². The Morgan fingerprint density at radius 2 is 1.70 bits per heavy atom. The molecule has 3 aromatic carbocycles. The van der Waals surface area contributed by atoms with Crippen LogP contribution >= 0.6 is 15.9 Å². The number of methoxy groups -OCH3 is 1. The summed E-state index contributed by atoms with van der Waals surface area (Å²) in [6.45, 7) is -0.108. The third-order valence-corrected chi connectivity index (χ3v) is 5.12. The van der Waals surface area contributed by atoms with E-state index in [-0.39, 0.29) is 23.9 Å². The van der Waals surface area contributed by atoms with E-state index in [0.717, 1.165) is 15.8 Å². The number of fused-ring (bicyclic) bond motifs is 1. The van der Waals surface area contributed by atoms with Gasteiger partial charge in [0.05, 0.1) is 12.7 Å². The van der Waals surface area contributed by atoms with Crippen LogP contribution in [0.15, 0.2) is 77.0 Å². The summed E-state index contributed by atoms with van der Waals surface area (Å²) in [4.78, 5) is 24.9. The zero-order valence-electron chi connectivity index (χ0n) is 16.1. The van der Waals surface area contributed by atoms with Crippen molar-refractivity contribution in [1.82, 2.24) is 0 Å². The fourth-order valence-electron chi connectivity index (χ4n) is 2.98. The van der Waals surface area contributed by atoms with Crippen molar-refractivity contribution in [3.63, 3.8) is 0 Å². The molecule has 30 heavy (non-hydrogen) atoms. The number of carbonyl (C=O) groups is 2. The van der Waals surface area contributed by atoms with Gasteiger partial charge in [0.2, 0.25) is 5.78 Å². The molecule has 0 saturated carbocycles. The Morgan fingerprint density at radius 1 is 1.00 bits per heavy atom. The molecule has 0 unspecified atom stereocenters. The van der Waals surface area contributed by atoms with Gasteiger partial charge in [-0.2, -0.15) is 0 Å². The van der Waals surface area contributed by atoms with E-state index in [0.29, 0.717) is 22.6 Å². The molecule has 5 nitrogen and oxygen atoms in total. The van der Waals surface area contributed by atoms with Crippen LogP contribution in [0, 0.1) is 0 Å². The SMILES string of the molecule is COc1ccc(/C=C2\Oc3cc(OCC(=O)c4ccc(Br)cc4)ccc3C2=O)cc1. The van der Waals surface area contributed by atoms with Crippen LogP contribution in [0.25, 0.3) is 6.08 Å². The number of ketones is 2. The second kappa shape index (κ2) is 8.55. The van der Waals surface area contributed by atoms with Crippen LogP contribution in [0.2, 0.25) is 0 Å². The van der Waals surface area contributed by atoms with Crippen molar-refractivity contribution in [3.8, 4) is 17.2 Å². The molecule has 3 aromatic rings. The lowest BCUT2D eigenvalue weighted by atomic mass is 10.1. The highest BCUT2D eigenvalue weighted by atomic mass is 79.9. The van der Waals surface area contributed by atoms with Gasteiger partial charge in [-0.1, -0.05) is 40.2 Å². The Morgan fingerprint density at radius 3 is 2.40 bits per heavy atom. The molecule has 4 rings (SSSR count). The number of carbonyl (C=O) groups excluding carboxylic acids is 2. The van der Waals surface area contributed by atoms with Gasteiger partial charge in [0.1, 0.15) is 17.2 Å². The van der Waals surface area contributed by atoms with E-state index in [9.17, 15) is 9.59 Å². The Hall–Kier alpha value is -3.38. The quantitative estimate of drug-likeness (QED) is 0.364. The van der Waals surface area contributed by atoms with Crippen LogP contribution < -0.4 is 14.2 Å². The Kier molecular flexibility index (Phi) is 5.68. The standard InChI is InChI=1S/C24H17BrO5/c1-28-18-8-2-15(3-9-18)12-23-24(27)20-11-10-19(13-22(20)30-23)29-14-21(26)16-4-6-17(25)7-5-16/h2-13H,14H2,1H3/b23-12-. The highest BCUT2D eigenvalue weighted by molar-refractivity contribution is 9.10. The van der Waals surface area contributed by atoms with Crippen molar-refractivity contribution in [2.75, 3.05) is 13.7 Å². The second-order valence-corrected chi connectivity index (χ2v) is 7.51. The molecule has 0 fully saturated rings. The predicted octanol–water partition coefficient (Wildman–Crippen LogP) is 5.34. The van der Waals surface area contributed by atoms with E-state index >= 15 is 0 Å². The maximum atomic E-state index is 12.6. The van der Waals surface area contributed by atoms with Crippen molar-refractivity contribution >= 4 is 33.6 Å². The summed E-state index contributed by atoms with van der Waals surface area (Å²) in [6.07, 6.45) is 1.68. The van der Waals surface area contributed by atoms with Gasteiger partial charge in [0.25, 0.3) is 0 Å². The number of hydrogen-bond acceptors (Lipinski definition) is 5. The molecule has 0 saturated heterocycles. The number of Topliss-reactive ketones (excluding diaryl/α,β-unsaturated/α-hetero) is 2. The Balaban J connectivity index is 1.45. The number of halogens is 1. The molecular weight excluding hydrogens is 448 g/mol.